The smallest absolute Gasteiger partial charge is 0.295 e. The Hall–Kier alpha value is -4.27. The number of nitrogens with one attached hydrogen (secondary N) is 1. The van der Waals surface area contributed by atoms with E-state index in [1.165, 1.54) is 4.90 Å². The summed E-state index contributed by atoms with van der Waals surface area (Å²) in [7, 11) is 0. The molecule has 1 aromatic heterocycles. The Morgan fingerprint density at radius 3 is 2.73 bits per heavy atom. The van der Waals surface area contributed by atoms with Crippen molar-refractivity contribution in [1.82, 2.24) is 9.88 Å². The molecule has 2 aliphatic heterocycles. The summed E-state index contributed by atoms with van der Waals surface area (Å²) in [6.07, 6.45) is 8.76. The highest BCUT2D eigenvalue weighted by Crippen LogP contribution is 2.42. The van der Waals surface area contributed by atoms with E-state index in [9.17, 15) is 14.7 Å². The number of benzene rings is 2. The second-order valence-electron chi connectivity index (χ2n) is 10.5. The molecule has 216 valence electrons. The first-order chi connectivity index (χ1) is 19.9. The number of ketones is 1. The summed E-state index contributed by atoms with van der Waals surface area (Å²) in [5, 5.41) is 14.0. The Labute approximate surface area is 240 Å². The fraction of sp³-hybridized carbons (Fsp3) is 0.406. The van der Waals surface area contributed by atoms with Gasteiger partial charge in [-0.2, -0.15) is 0 Å². The number of aryl methyl sites for hydroxylation is 1. The van der Waals surface area contributed by atoms with Crippen molar-refractivity contribution < 1.29 is 33.5 Å². The van der Waals surface area contributed by atoms with Crippen molar-refractivity contribution in [2.45, 2.75) is 65.1 Å². The Morgan fingerprint density at radius 1 is 1.12 bits per heavy atom. The van der Waals surface area contributed by atoms with Crippen LogP contribution in [0.4, 0.5) is 0 Å². The van der Waals surface area contributed by atoms with Gasteiger partial charge >= 0.3 is 0 Å². The van der Waals surface area contributed by atoms with Crippen molar-refractivity contribution in [2.24, 2.45) is 0 Å². The summed E-state index contributed by atoms with van der Waals surface area (Å²) < 4.78 is 19.6. The lowest BCUT2D eigenvalue weighted by molar-refractivity contribution is -0.695. The Bertz CT molecular complexity index is 1430. The molecule has 0 spiro atoms. The molecule has 3 heterocycles. The van der Waals surface area contributed by atoms with Gasteiger partial charge in [0.1, 0.15) is 24.2 Å². The number of hydrogen-bond acceptors (Lipinski definition) is 6. The summed E-state index contributed by atoms with van der Waals surface area (Å²) in [5.41, 5.74) is 1.88. The first kappa shape index (κ1) is 28.3. The zero-order valence-electron chi connectivity index (χ0n) is 23.9. The minimum absolute atomic E-state index is 0.0221. The van der Waals surface area contributed by atoms with Gasteiger partial charge in [0, 0.05) is 25.0 Å². The topological polar surface area (TPSA) is 108 Å². The first-order valence-corrected chi connectivity index (χ1v) is 14.4. The standard InChI is InChI=1S/C32H37N3O6/c1-4-6-16-40-26-11-8-22(19-27(26)39-5-2)29-28(30(36)23-9-10-25-24(18-23)17-21(3)41-25)31(37)32(38)35(29)14-7-13-34-15-12-33-20-34/h8-12,15,18-21,29H,4-7,13-14,16-17H2,1-3H3,(H,36,37). The molecule has 2 unspecified atom stereocenters. The number of aromatic nitrogens is 2. The highest BCUT2D eigenvalue weighted by Gasteiger charge is 2.44. The van der Waals surface area contributed by atoms with Crippen LogP contribution >= 0.6 is 0 Å². The van der Waals surface area contributed by atoms with Crippen LogP contribution < -0.4 is 23.9 Å². The van der Waals surface area contributed by atoms with Crippen LogP contribution in [0.3, 0.4) is 0 Å². The molecule has 9 heteroatoms. The number of carbonyl (C=O) groups is 2. The lowest BCUT2D eigenvalue weighted by atomic mass is 9.94. The molecule has 0 aliphatic carbocycles. The number of H-pyrrole nitrogens is 1. The molecule has 1 amide bonds. The molecule has 3 aromatic rings. The van der Waals surface area contributed by atoms with E-state index in [0.29, 0.717) is 61.8 Å². The molecule has 2 aliphatic rings. The van der Waals surface area contributed by atoms with E-state index in [0.717, 1.165) is 24.2 Å². The normalized spacial score (nSPS) is 19.3. The van der Waals surface area contributed by atoms with Crippen LogP contribution in [0.15, 0.2) is 60.7 Å². The van der Waals surface area contributed by atoms with Crippen LogP contribution in [0.5, 0.6) is 17.2 Å². The fourth-order valence-electron chi connectivity index (χ4n) is 5.46. The third-order valence-corrected chi connectivity index (χ3v) is 7.44. The predicted octanol–water partition coefficient (Wildman–Crippen LogP) is 3.52. The van der Waals surface area contributed by atoms with Crippen LogP contribution in [-0.4, -0.2) is 47.4 Å². The summed E-state index contributed by atoms with van der Waals surface area (Å²) in [5.74, 6) is -0.0212. The minimum Gasteiger partial charge on any atom is -0.872 e. The third kappa shape index (κ3) is 5.94. The van der Waals surface area contributed by atoms with E-state index in [-0.39, 0.29) is 11.7 Å². The SMILES string of the molecule is CCCCOc1ccc(C2/C(=C(\[O-])c3ccc4c(c3)CC(C)O4)C(=O)C(=O)N2CCC[n+]2cc[nH]c2)cc1OCC. The monoisotopic (exact) mass is 559 g/mol. The highest BCUT2D eigenvalue weighted by molar-refractivity contribution is 6.46. The molecule has 1 N–H and O–H groups in total. The molecule has 1 saturated heterocycles. The van der Waals surface area contributed by atoms with E-state index < -0.39 is 23.5 Å². The van der Waals surface area contributed by atoms with Crippen molar-refractivity contribution in [3.63, 3.8) is 0 Å². The predicted molar refractivity (Wildman–Crippen MR) is 150 cm³/mol. The lowest BCUT2D eigenvalue weighted by Crippen LogP contribution is -2.36. The van der Waals surface area contributed by atoms with Crippen molar-refractivity contribution >= 4 is 17.4 Å². The van der Waals surface area contributed by atoms with Gasteiger partial charge in [-0.1, -0.05) is 31.2 Å². The Balaban J connectivity index is 1.54. The van der Waals surface area contributed by atoms with Gasteiger partial charge in [0.2, 0.25) is 12.1 Å². The van der Waals surface area contributed by atoms with Crippen LogP contribution in [0.2, 0.25) is 0 Å². The highest BCUT2D eigenvalue weighted by atomic mass is 16.5. The molecule has 5 rings (SSSR count). The molecule has 41 heavy (non-hydrogen) atoms. The minimum atomic E-state index is -0.842. The Morgan fingerprint density at radius 2 is 1.98 bits per heavy atom. The maximum absolute atomic E-state index is 14.0. The van der Waals surface area contributed by atoms with Gasteiger partial charge in [0.05, 0.1) is 25.8 Å². The van der Waals surface area contributed by atoms with Gasteiger partial charge in [0.15, 0.2) is 11.5 Å². The number of carbonyl (C=O) groups excluding carboxylic acids is 2. The zero-order chi connectivity index (χ0) is 28.9. The zero-order valence-corrected chi connectivity index (χ0v) is 23.9. The number of aromatic amines is 1. The fourth-order valence-corrected chi connectivity index (χ4v) is 5.46. The van der Waals surface area contributed by atoms with Crippen molar-refractivity contribution in [2.75, 3.05) is 19.8 Å². The number of hydrogen-bond donors (Lipinski definition) is 1. The second kappa shape index (κ2) is 12.5. The molecular formula is C32H37N3O6. The summed E-state index contributed by atoms with van der Waals surface area (Å²) >= 11 is 0. The number of ether oxygens (including phenoxy) is 3. The summed E-state index contributed by atoms with van der Waals surface area (Å²) in [6.45, 7) is 7.87. The van der Waals surface area contributed by atoms with Crippen LogP contribution in [0, 0.1) is 0 Å². The number of rotatable bonds is 12. The number of likely N-dealkylation sites (tertiary alicyclic amines) is 1. The van der Waals surface area contributed by atoms with E-state index in [1.54, 1.807) is 30.3 Å². The van der Waals surface area contributed by atoms with Crippen molar-refractivity contribution in [1.29, 1.82) is 0 Å². The van der Waals surface area contributed by atoms with Gasteiger partial charge in [-0.25, -0.2) is 4.57 Å². The maximum atomic E-state index is 14.0. The van der Waals surface area contributed by atoms with Gasteiger partial charge in [-0.05, 0) is 61.2 Å². The summed E-state index contributed by atoms with van der Waals surface area (Å²) in [4.78, 5) is 31.5. The maximum Gasteiger partial charge on any atom is 0.295 e. The van der Waals surface area contributed by atoms with E-state index in [2.05, 4.69) is 11.9 Å². The number of nitrogens with zero attached hydrogens (tertiary/aromatic N) is 2. The molecule has 2 atom stereocenters. The number of fused-ring (bicyclic) bond motifs is 1. The molecule has 0 radical (unpaired) electrons. The number of unbranched alkanes of at least 4 members (excludes halogenated alkanes) is 1. The van der Waals surface area contributed by atoms with Crippen LogP contribution in [0.1, 0.15) is 62.8 Å². The van der Waals surface area contributed by atoms with Crippen LogP contribution in [-0.2, 0) is 22.6 Å². The molecular weight excluding hydrogens is 522 g/mol. The van der Waals surface area contributed by atoms with Gasteiger partial charge in [0.25, 0.3) is 5.91 Å². The van der Waals surface area contributed by atoms with Crippen molar-refractivity contribution in [3.05, 3.63) is 77.4 Å². The molecule has 0 saturated carbocycles. The first-order valence-electron chi connectivity index (χ1n) is 14.4. The van der Waals surface area contributed by atoms with E-state index >= 15 is 0 Å². The Kier molecular flexibility index (Phi) is 8.61. The average Bonchev–Trinajstić information content (AvgIpc) is 3.68. The average molecular weight is 560 g/mol. The number of Topliss-reactive ketones (excluding diaryl/α,β-unsaturated/α-hetero) is 1. The molecule has 0 bridgehead atoms. The van der Waals surface area contributed by atoms with E-state index in [4.69, 9.17) is 14.2 Å². The van der Waals surface area contributed by atoms with Gasteiger partial charge in [-0.3, -0.25) is 14.6 Å². The molecule has 2 aromatic carbocycles. The van der Waals surface area contributed by atoms with Gasteiger partial charge < -0.3 is 24.2 Å². The molecule has 1 fully saturated rings. The van der Waals surface area contributed by atoms with Gasteiger partial charge in [-0.15, -0.1) is 0 Å². The summed E-state index contributed by atoms with van der Waals surface area (Å²) in [6, 6.07) is 9.79. The van der Waals surface area contributed by atoms with Crippen LogP contribution in [0.25, 0.3) is 5.76 Å². The van der Waals surface area contributed by atoms with Crippen molar-refractivity contribution in [3.8, 4) is 17.2 Å². The quantitative estimate of drug-likeness (QED) is 0.120. The third-order valence-electron chi connectivity index (χ3n) is 7.44. The number of amides is 1. The lowest BCUT2D eigenvalue weighted by Gasteiger charge is -2.28. The molecule has 9 nitrogen and oxygen atoms in total. The second-order valence-corrected chi connectivity index (χ2v) is 10.5. The van der Waals surface area contributed by atoms with E-state index in [1.807, 2.05) is 43.2 Å². The largest absolute Gasteiger partial charge is 0.872 e. The number of imidazole rings is 1.